The lowest BCUT2D eigenvalue weighted by atomic mass is 10.0. The van der Waals surface area contributed by atoms with Crippen molar-refractivity contribution in [3.05, 3.63) is 64.7 Å². The third-order valence-corrected chi connectivity index (χ3v) is 2.88. The van der Waals surface area contributed by atoms with E-state index in [1.807, 2.05) is 0 Å². The van der Waals surface area contributed by atoms with Gasteiger partial charge >= 0.3 is 5.97 Å². The minimum atomic E-state index is -0.598. The minimum Gasteiger partial charge on any atom is -0.421 e. The second kappa shape index (κ2) is 5.67. The van der Waals surface area contributed by atoms with E-state index < -0.39 is 5.97 Å². The number of esters is 1. The molecule has 0 saturated carbocycles. The molecule has 4 heteroatoms. The van der Waals surface area contributed by atoms with Gasteiger partial charge in [-0.2, -0.15) is 0 Å². The van der Waals surface area contributed by atoms with Crippen LogP contribution in [0.2, 0.25) is 5.02 Å². The molecule has 0 heterocycles. The molecule has 2 aromatic rings. The lowest BCUT2D eigenvalue weighted by molar-refractivity contribution is 0.0730. The van der Waals surface area contributed by atoms with E-state index in [2.05, 4.69) is 0 Å². The summed E-state index contributed by atoms with van der Waals surface area (Å²) in [5.41, 5.74) is 0.564. The highest BCUT2D eigenvalue weighted by atomic mass is 35.5. The SMILES string of the molecule is CC(=O)c1ccccc1C(=O)Oc1ccccc1Cl. The summed E-state index contributed by atoms with van der Waals surface area (Å²) in [6.45, 7) is 1.40. The summed E-state index contributed by atoms with van der Waals surface area (Å²) in [5.74, 6) is -0.516. The first kappa shape index (κ1) is 13.3. The first-order valence-corrected chi connectivity index (χ1v) is 6.04. The Hall–Kier alpha value is -2.13. The third kappa shape index (κ3) is 3.01. The van der Waals surface area contributed by atoms with Gasteiger partial charge in [0.05, 0.1) is 10.6 Å². The van der Waals surface area contributed by atoms with Gasteiger partial charge in [-0.05, 0) is 25.1 Å². The summed E-state index contributed by atoms with van der Waals surface area (Å²) in [6.07, 6.45) is 0. The van der Waals surface area contributed by atoms with Crippen molar-refractivity contribution in [2.45, 2.75) is 6.92 Å². The van der Waals surface area contributed by atoms with E-state index in [4.69, 9.17) is 16.3 Å². The van der Waals surface area contributed by atoms with Crippen molar-refractivity contribution < 1.29 is 14.3 Å². The van der Waals surface area contributed by atoms with Crippen LogP contribution in [0.15, 0.2) is 48.5 Å². The van der Waals surface area contributed by atoms with Crippen molar-refractivity contribution in [2.24, 2.45) is 0 Å². The van der Waals surface area contributed by atoms with E-state index in [1.54, 1.807) is 48.5 Å². The van der Waals surface area contributed by atoms with Crippen LogP contribution in [0.3, 0.4) is 0 Å². The topological polar surface area (TPSA) is 43.4 Å². The van der Waals surface area contributed by atoms with Crippen LogP contribution >= 0.6 is 11.6 Å². The summed E-state index contributed by atoms with van der Waals surface area (Å²) in [7, 11) is 0. The highest BCUT2D eigenvalue weighted by molar-refractivity contribution is 6.32. The first-order valence-electron chi connectivity index (χ1n) is 5.66. The number of halogens is 1. The van der Waals surface area contributed by atoms with E-state index in [9.17, 15) is 9.59 Å². The molecule has 0 aliphatic heterocycles. The average molecular weight is 275 g/mol. The number of Topliss-reactive ketones (excluding diaryl/α,β-unsaturated/α-hetero) is 1. The van der Waals surface area contributed by atoms with Crippen LogP contribution in [0.5, 0.6) is 5.75 Å². The summed E-state index contributed by atoms with van der Waals surface area (Å²) < 4.78 is 5.20. The van der Waals surface area contributed by atoms with E-state index in [0.717, 1.165) is 0 Å². The van der Waals surface area contributed by atoms with Gasteiger partial charge in [0.15, 0.2) is 5.78 Å². The Morgan fingerprint density at radius 2 is 1.53 bits per heavy atom. The molecule has 0 N–H and O–H groups in total. The van der Waals surface area contributed by atoms with Gasteiger partial charge < -0.3 is 4.74 Å². The first-order chi connectivity index (χ1) is 9.09. The molecule has 0 amide bonds. The molecular weight excluding hydrogens is 264 g/mol. The fourth-order valence-corrected chi connectivity index (χ4v) is 1.82. The number of ketones is 1. The number of hydrogen-bond donors (Lipinski definition) is 0. The maximum Gasteiger partial charge on any atom is 0.344 e. The van der Waals surface area contributed by atoms with Crippen LogP contribution in [0.25, 0.3) is 0 Å². The maximum absolute atomic E-state index is 12.1. The molecule has 0 unspecified atom stereocenters. The molecular formula is C15H11ClO3. The number of ether oxygens (including phenoxy) is 1. The molecule has 0 aliphatic carbocycles. The van der Waals surface area contributed by atoms with Crippen LogP contribution in [0.1, 0.15) is 27.6 Å². The monoisotopic (exact) mass is 274 g/mol. The summed E-state index contributed by atoms with van der Waals surface area (Å²) >= 11 is 5.91. The molecule has 0 saturated heterocycles. The Morgan fingerprint density at radius 1 is 0.947 bits per heavy atom. The van der Waals surface area contributed by atoms with Gasteiger partial charge in [0.1, 0.15) is 5.75 Å². The average Bonchev–Trinajstić information content (AvgIpc) is 2.41. The molecule has 0 atom stereocenters. The third-order valence-electron chi connectivity index (χ3n) is 2.57. The minimum absolute atomic E-state index is 0.188. The fourth-order valence-electron chi connectivity index (χ4n) is 1.65. The lowest BCUT2D eigenvalue weighted by Crippen LogP contribution is -2.13. The molecule has 0 radical (unpaired) electrons. The Morgan fingerprint density at radius 3 is 2.16 bits per heavy atom. The number of benzene rings is 2. The summed E-state index contributed by atoms with van der Waals surface area (Å²) in [6, 6.07) is 13.2. The molecule has 0 aromatic heterocycles. The number of para-hydroxylation sites is 1. The predicted molar refractivity (Wildman–Crippen MR) is 72.9 cm³/mol. The zero-order valence-electron chi connectivity index (χ0n) is 10.2. The highest BCUT2D eigenvalue weighted by Gasteiger charge is 2.16. The van der Waals surface area contributed by atoms with Crippen LogP contribution in [-0.4, -0.2) is 11.8 Å². The van der Waals surface area contributed by atoms with Gasteiger partial charge in [0.2, 0.25) is 0 Å². The van der Waals surface area contributed by atoms with Gasteiger partial charge in [-0.3, -0.25) is 4.79 Å². The van der Waals surface area contributed by atoms with E-state index in [-0.39, 0.29) is 17.1 Å². The standard InChI is InChI=1S/C15H11ClO3/c1-10(17)11-6-2-3-7-12(11)15(18)19-14-9-5-4-8-13(14)16/h2-9H,1H3. The molecule has 96 valence electrons. The van der Waals surface area contributed by atoms with Crippen molar-refractivity contribution in [2.75, 3.05) is 0 Å². The van der Waals surface area contributed by atoms with Gasteiger partial charge in [-0.1, -0.05) is 41.9 Å². The number of carbonyl (C=O) groups excluding carboxylic acids is 2. The molecule has 2 aromatic carbocycles. The molecule has 0 fully saturated rings. The highest BCUT2D eigenvalue weighted by Crippen LogP contribution is 2.24. The van der Waals surface area contributed by atoms with Gasteiger partial charge in [0.25, 0.3) is 0 Å². The molecule has 3 nitrogen and oxygen atoms in total. The number of rotatable bonds is 3. The summed E-state index contributed by atoms with van der Waals surface area (Å²) in [4.78, 5) is 23.5. The fraction of sp³-hybridized carbons (Fsp3) is 0.0667. The van der Waals surface area contributed by atoms with Crippen molar-refractivity contribution in [3.63, 3.8) is 0 Å². The van der Waals surface area contributed by atoms with E-state index in [1.165, 1.54) is 6.92 Å². The Bertz CT molecular complexity index is 635. The van der Waals surface area contributed by atoms with Crippen molar-refractivity contribution in [3.8, 4) is 5.75 Å². The lowest BCUT2D eigenvalue weighted by Gasteiger charge is -2.08. The van der Waals surface area contributed by atoms with Crippen LogP contribution in [-0.2, 0) is 0 Å². The van der Waals surface area contributed by atoms with Crippen molar-refractivity contribution in [1.82, 2.24) is 0 Å². The van der Waals surface area contributed by atoms with Crippen LogP contribution in [0, 0.1) is 0 Å². The van der Waals surface area contributed by atoms with Crippen LogP contribution in [0.4, 0.5) is 0 Å². The second-order valence-corrected chi connectivity index (χ2v) is 4.33. The molecule has 0 aliphatic rings. The zero-order chi connectivity index (χ0) is 13.8. The Labute approximate surface area is 115 Å². The summed E-state index contributed by atoms with van der Waals surface area (Å²) in [5, 5.41) is 0.344. The zero-order valence-corrected chi connectivity index (χ0v) is 11.0. The second-order valence-electron chi connectivity index (χ2n) is 3.92. The van der Waals surface area contributed by atoms with E-state index >= 15 is 0 Å². The molecule has 2 rings (SSSR count). The number of hydrogen-bond acceptors (Lipinski definition) is 3. The maximum atomic E-state index is 12.1. The number of carbonyl (C=O) groups is 2. The smallest absolute Gasteiger partial charge is 0.344 e. The van der Waals surface area contributed by atoms with Crippen molar-refractivity contribution >= 4 is 23.4 Å². The molecule has 19 heavy (non-hydrogen) atoms. The molecule has 0 spiro atoms. The Balaban J connectivity index is 2.31. The van der Waals surface area contributed by atoms with Gasteiger partial charge in [-0.25, -0.2) is 4.79 Å². The van der Waals surface area contributed by atoms with Crippen LogP contribution < -0.4 is 4.74 Å². The Kier molecular flexibility index (Phi) is 3.97. The molecule has 0 bridgehead atoms. The predicted octanol–water partition coefficient (Wildman–Crippen LogP) is 3.76. The van der Waals surface area contributed by atoms with Gasteiger partial charge in [-0.15, -0.1) is 0 Å². The normalized spacial score (nSPS) is 10.0. The van der Waals surface area contributed by atoms with E-state index in [0.29, 0.717) is 10.6 Å². The van der Waals surface area contributed by atoms with Crippen molar-refractivity contribution in [1.29, 1.82) is 0 Å². The largest absolute Gasteiger partial charge is 0.421 e. The quantitative estimate of drug-likeness (QED) is 0.486. The van der Waals surface area contributed by atoms with Gasteiger partial charge in [0, 0.05) is 5.56 Å².